The zero-order valence-electron chi connectivity index (χ0n) is 15.1. The van der Waals surface area contributed by atoms with Crippen LogP contribution < -0.4 is 9.47 Å². The maximum Gasteiger partial charge on any atom is 0.243 e. The molecule has 0 unspecified atom stereocenters. The van der Waals surface area contributed by atoms with Crippen molar-refractivity contribution in [2.75, 3.05) is 27.4 Å². The molecular formula is C19H23NO5S. The third-order valence-corrected chi connectivity index (χ3v) is 6.57. The molecule has 1 aliphatic rings. The second kappa shape index (κ2) is 7.65. The van der Waals surface area contributed by atoms with Crippen molar-refractivity contribution in [3.05, 3.63) is 54.1 Å². The van der Waals surface area contributed by atoms with Crippen molar-refractivity contribution in [2.45, 2.75) is 24.0 Å². The van der Waals surface area contributed by atoms with Crippen molar-refractivity contribution in [3.63, 3.8) is 0 Å². The summed E-state index contributed by atoms with van der Waals surface area (Å²) in [6.45, 7) is 2.52. The van der Waals surface area contributed by atoms with Crippen LogP contribution in [0.1, 0.15) is 18.6 Å². The van der Waals surface area contributed by atoms with Gasteiger partial charge in [-0.05, 0) is 24.6 Å². The number of nitrogens with zero attached hydrogens (tertiary/aromatic N) is 1. The minimum atomic E-state index is -3.69. The molecular weight excluding hydrogens is 354 g/mol. The number of rotatable bonds is 5. The van der Waals surface area contributed by atoms with Gasteiger partial charge in [-0.15, -0.1) is 0 Å². The SMILES string of the molecule is COc1ccc(S(=O)(=O)N2CCO[C@@H](c3ccccc3)[C@H]2C)cc1OC. The monoisotopic (exact) mass is 377 g/mol. The van der Waals surface area contributed by atoms with Gasteiger partial charge in [0.2, 0.25) is 10.0 Å². The Kier molecular flexibility index (Phi) is 5.50. The predicted molar refractivity (Wildman–Crippen MR) is 98.0 cm³/mol. The molecule has 26 heavy (non-hydrogen) atoms. The van der Waals surface area contributed by atoms with E-state index in [2.05, 4.69) is 0 Å². The molecule has 7 heteroatoms. The first kappa shape index (κ1) is 18.7. The second-order valence-electron chi connectivity index (χ2n) is 6.08. The summed E-state index contributed by atoms with van der Waals surface area (Å²) in [6.07, 6.45) is -0.306. The number of ether oxygens (including phenoxy) is 3. The normalized spacial score (nSPS) is 21.3. The van der Waals surface area contributed by atoms with E-state index in [0.717, 1.165) is 5.56 Å². The second-order valence-corrected chi connectivity index (χ2v) is 7.97. The Balaban J connectivity index is 1.94. The molecule has 0 aromatic heterocycles. The Morgan fingerprint density at radius 3 is 2.38 bits per heavy atom. The summed E-state index contributed by atoms with van der Waals surface area (Å²) >= 11 is 0. The minimum absolute atomic E-state index is 0.177. The van der Waals surface area contributed by atoms with Crippen LogP contribution in [-0.2, 0) is 14.8 Å². The van der Waals surface area contributed by atoms with Gasteiger partial charge in [0, 0.05) is 12.6 Å². The van der Waals surface area contributed by atoms with Crippen LogP contribution >= 0.6 is 0 Å². The van der Waals surface area contributed by atoms with E-state index in [4.69, 9.17) is 14.2 Å². The molecule has 6 nitrogen and oxygen atoms in total. The van der Waals surface area contributed by atoms with E-state index in [1.54, 1.807) is 6.07 Å². The fourth-order valence-electron chi connectivity index (χ4n) is 3.23. The van der Waals surface area contributed by atoms with Crippen LogP contribution in [0.3, 0.4) is 0 Å². The lowest BCUT2D eigenvalue weighted by atomic mass is 10.0. The Bertz CT molecular complexity index is 853. The topological polar surface area (TPSA) is 65.1 Å². The molecule has 1 heterocycles. The van der Waals surface area contributed by atoms with E-state index in [1.165, 1.54) is 30.7 Å². The highest BCUT2D eigenvalue weighted by atomic mass is 32.2. The molecule has 1 fully saturated rings. The molecule has 0 bridgehead atoms. The van der Waals surface area contributed by atoms with Crippen LogP contribution in [0.2, 0.25) is 0 Å². The molecule has 1 saturated heterocycles. The molecule has 3 rings (SSSR count). The average molecular weight is 377 g/mol. The summed E-state index contributed by atoms with van der Waals surface area (Å²) < 4.78 is 44.2. The molecule has 2 atom stereocenters. The Morgan fingerprint density at radius 2 is 1.73 bits per heavy atom. The summed E-state index contributed by atoms with van der Waals surface area (Å²) in [5.74, 6) is 0.873. The lowest BCUT2D eigenvalue weighted by molar-refractivity contribution is -0.0361. The van der Waals surface area contributed by atoms with Crippen molar-refractivity contribution in [1.82, 2.24) is 4.31 Å². The highest BCUT2D eigenvalue weighted by Gasteiger charge is 2.38. The largest absolute Gasteiger partial charge is 0.493 e. The van der Waals surface area contributed by atoms with Gasteiger partial charge in [-0.25, -0.2) is 8.42 Å². The highest BCUT2D eigenvalue weighted by Crippen LogP contribution is 2.35. The van der Waals surface area contributed by atoms with Crippen LogP contribution in [0.5, 0.6) is 11.5 Å². The number of hydrogen-bond acceptors (Lipinski definition) is 5. The number of sulfonamides is 1. The van der Waals surface area contributed by atoms with Gasteiger partial charge in [0.1, 0.15) is 0 Å². The van der Waals surface area contributed by atoms with Crippen molar-refractivity contribution in [3.8, 4) is 11.5 Å². The molecule has 2 aromatic rings. The molecule has 0 amide bonds. The summed E-state index contributed by atoms with van der Waals surface area (Å²) in [7, 11) is -0.694. The average Bonchev–Trinajstić information content (AvgIpc) is 2.68. The Hall–Kier alpha value is -2.09. The molecule has 0 spiro atoms. The van der Waals surface area contributed by atoms with Gasteiger partial charge < -0.3 is 14.2 Å². The maximum absolute atomic E-state index is 13.2. The van der Waals surface area contributed by atoms with Crippen molar-refractivity contribution >= 4 is 10.0 Å². The smallest absolute Gasteiger partial charge is 0.243 e. The van der Waals surface area contributed by atoms with Gasteiger partial charge in [-0.1, -0.05) is 30.3 Å². The molecule has 0 radical (unpaired) electrons. The standard InChI is InChI=1S/C19H23NO5S/c1-14-19(15-7-5-4-6-8-15)25-12-11-20(14)26(21,22)16-9-10-17(23-2)18(13-16)24-3/h4-10,13-14,19H,11-12H2,1-3H3/t14-,19-/m1/s1. The molecule has 1 aliphatic heterocycles. The van der Waals surface area contributed by atoms with Gasteiger partial charge in [-0.3, -0.25) is 0 Å². The predicted octanol–water partition coefficient (Wildman–Crippen LogP) is 2.85. The highest BCUT2D eigenvalue weighted by molar-refractivity contribution is 7.89. The van der Waals surface area contributed by atoms with E-state index >= 15 is 0 Å². The van der Waals surface area contributed by atoms with Gasteiger partial charge in [-0.2, -0.15) is 4.31 Å². The third kappa shape index (κ3) is 3.42. The minimum Gasteiger partial charge on any atom is -0.493 e. The quantitative estimate of drug-likeness (QED) is 0.802. The Labute approximate surface area is 154 Å². The Morgan fingerprint density at radius 1 is 1.04 bits per heavy atom. The summed E-state index contributed by atoms with van der Waals surface area (Å²) in [4.78, 5) is 0.177. The molecule has 0 N–H and O–H groups in total. The van der Waals surface area contributed by atoms with Gasteiger partial charge in [0.15, 0.2) is 11.5 Å². The van der Waals surface area contributed by atoms with Crippen LogP contribution in [0, 0.1) is 0 Å². The van der Waals surface area contributed by atoms with E-state index in [-0.39, 0.29) is 17.0 Å². The first-order chi connectivity index (χ1) is 12.5. The molecule has 0 saturated carbocycles. The fraction of sp³-hybridized carbons (Fsp3) is 0.368. The summed E-state index contributed by atoms with van der Waals surface area (Å²) in [5.41, 5.74) is 0.965. The maximum atomic E-state index is 13.2. The lowest BCUT2D eigenvalue weighted by Crippen LogP contribution is -2.48. The van der Waals surface area contributed by atoms with Crippen LogP contribution in [-0.4, -0.2) is 46.1 Å². The summed E-state index contributed by atoms with van der Waals surface area (Å²) in [6, 6.07) is 14.0. The summed E-state index contributed by atoms with van der Waals surface area (Å²) in [5, 5.41) is 0. The van der Waals surface area contributed by atoms with Crippen LogP contribution in [0.4, 0.5) is 0 Å². The zero-order valence-corrected chi connectivity index (χ0v) is 15.9. The van der Waals surface area contributed by atoms with Gasteiger partial charge >= 0.3 is 0 Å². The number of methoxy groups -OCH3 is 2. The van der Waals surface area contributed by atoms with Crippen LogP contribution in [0.25, 0.3) is 0 Å². The van der Waals surface area contributed by atoms with E-state index < -0.39 is 10.0 Å². The van der Waals surface area contributed by atoms with Crippen molar-refractivity contribution < 1.29 is 22.6 Å². The van der Waals surface area contributed by atoms with E-state index in [9.17, 15) is 8.42 Å². The third-order valence-electron chi connectivity index (χ3n) is 4.59. The number of hydrogen-bond donors (Lipinski definition) is 0. The van der Waals surface area contributed by atoms with Crippen molar-refractivity contribution in [2.24, 2.45) is 0 Å². The number of morpholine rings is 1. The number of benzene rings is 2. The fourth-order valence-corrected chi connectivity index (χ4v) is 4.86. The van der Waals surface area contributed by atoms with E-state index in [1.807, 2.05) is 37.3 Å². The molecule has 0 aliphatic carbocycles. The first-order valence-electron chi connectivity index (χ1n) is 8.39. The van der Waals surface area contributed by atoms with E-state index in [0.29, 0.717) is 24.7 Å². The van der Waals surface area contributed by atoms with Gasteiger partial charge in [0.25, 0.3) is 0 Å². The lowest BCUT2D eigenvalue weighted by Gasteiger charge is -2.38. The van der Waals surface area contributed by atoms with Crippen LogP contribution in [0.15, 0.2) is 53.4 Å². The molecule has 2 aromatic carbocycles. The van der Waals surface area contributed by atoms with Gasteiger partial charge in [0.05, 0.1) is 37.9 Å². The zero-order chi connectivity index (χ0) is 18.7. The first-order valence-corrected chi connectivity index (χ1v) is 9.83. The van der Waals surface area contributed by atoms with Crippen molar-refractivity contribution in [1.29, 1.82) is 0 Å². The molecule has 140 valence electrons.